The van der Waals surface area contributed by atoms with Crippen molar-refractivity contribution in [3.63, 3.8) is 0 Å². The summed E-state index contributed by atoms with van der Waals surface area (Å²) < 4.78 is 0. The van der Waals surface area contributed by atoms with Gasteiger partial charge in [0.1, 0.15) is 0 Å². The van der Waals surface area contributed by atoms with Gasteiger partial charge in [0.2, 0.25) is 5.95 Å². The van der Waals surface area contributed by atoms with E-state index in [1.165, 1.54) is 16.7 Å². The number of aryl methyl sites for hydroxylation is 1. The van der Waals surface area contributed by atoms with Crippen molar-refractivity contribution in [2.75, 3.05) is 5.73 Å². The fourth-order valence-corrected chi connectivity index (χ4v) is 2.05. The maximum absolute atomic E-state index is 5.57. The summed E-state index contributed by atoms with van der Waals surface area (Å²) in [6.07, 6.45) is 1.76. The fourth-order valence-electron chi connectivity index (χ4n) is 2.05. The minimum atomic E-state index is 0.311. The van der Waals surface area contributed by atoms with Crippen LogP contribution in [0.25, 0.3) is 22.0 Å². The highest BCUT2D eigenvalue weighted by molar-refractivity contribution is 5.84. The Bertz CT molecular complexity index is 720. The number of hydrogen-bond donors (Lipinski definition) is 1. The van der Waals surface area contributed by atoms with Crippen LogP contribution in [0.4, 0.5) is 5.95 Å². The number of rotatable bonds is 1. The van der Waals surface area contributed by atoms with Gasteiger partial charge in [-0.15, -0.1) is 0 Å². The molecule has 0 atom stereocenters. The summed E-state index contributed by atoms with van der Waals surface area (Å²) in [5, 5.41) is 1.00. The second-order valence-electron chi connectivity index (χ2n) is 4.37. The summed E-state index contributed by atoms with van der Waals surface area (Å²) >= 11 is 0. The van der Waals surface area contributed by atoms with Gasteiger partial charge in [-0.3, -0.25) is 0 Å². The molecule has 0 amide bonds. The Balaban J connectivity index is 2.16. The zero-order chi connectivity index (χ0) is 12.5. The molecule has 0 radical (unpaired) electrons. The van der Waals surface area contributed by atoms with E-state index in [1.54, 1.807) is 6.20 Å². The third-order valence-electron chi connectivity index (χ3n) is 2.95. The molecule has 3 rings (SSSR count). The lowest BCUT2D eigenvalue weighted by Crippen LogP contribution is -1.94. The number of nitrogens with two attached hydrogens (primary N) is 1. The first-order valence-corrected chi connectivity index (χ1v) is 5.82. The summed E-state index contributed by atoms with van der Waals surface area (Å²) in [6, 6.07) is 14.5. The van der Waals surface area contributed by atoms with Gasteiger partial charge < -0.3 is 5.73 Å². The van der Waals surface area contributed by atoms with Crippen molar-refractivity contribution >= 4 is 16.9 Å². The molecule has 2 aromatic carbocycles. The van der Waals surface area contributed by atoms with Crippen LogP contribution in [-0.4, -0.2) is 9.97 Å². The SMILES string of the molecule is Cc1cccc(-c2ccc3nc(N)ncc3c2)c1. The maximum Gasteiger partial charge on any atom is 0.220 e. The van der Waals surface area contributed by atoms with Gasteiger partial charge >= 0.3 is 0 Å². The molecule has 0 spiro atoms. The minimum absolute atomic E-state index is 0.311. The van der Waals surface area contributed by atoms with E-state index in [0.29, 0.717) is 5.95 Å². The first-order chi connectivity index (χ1) is 8.72. The summed E-state index contributed by atoms with van der Waals surface area (Å²) in [7, 11) is 0. The van der Waals surface area contributed by atoms with Crippen LogP contribution < -0.4 is 5.73 Å². The molecular weight excluding hydrogens is 222 g/mol. The van der Waals surface area contributed by atoms with Gasteiger partial charge in [0, 0.05) is 11.6 Å². The van der Waals surface area contributed by atoms with Crippen molar-refractivity contribution in [1.29, 1.82) is 0 Å². The quantitative estimate of drug-likeness (QED) is 0.704. The Morgan fingerprint density at radius 2 is 1.83 bits per heavy atom. The van der Waals surface area contributed by atoms with Crippen LogP contribution in [0.5, 0.6) is 0 Å². The van der Waals surface area contributed by atoms with Gasteiger partial charge in [0.15, 0.2) is 0 Å². The molecule has 1 aromatic heterocycles. The van der Waals surface area contributed by atoms with Gasteiger partial charge in [0.25, 0.3) is 0 Å². The lowest BCUT2D eigenvalue weighted by molar-refractivity contribution is 1.24. The Morgan fingerprint density at radius 1 is 1.00 bits per heavy atom. The molecular formula is C15H13N3. The van der Waals surface area contributed by atoms with Crippen LogP contribution in [0.15, 0.2) is 48.7 Å². The van der Waals surface area contributed by atoms with E-state index in [0.717, 1.165) is 10.9 Å². The van der Waals surface area contributed by atoms with E-state index in [-0.39, 0.29) is 0 Å². The van der Waals surface area contributed by atoms with Crippen LogP contribution in [-0.2, 0) is 0 Å². The molecule has 88 valence electrons. The molecule has 2 N–H and O–H groups in total. The van der Waals surface area contributed by atoms with Gasteiger partial charge in [-0.1, -0.05) is 35.9 Å². The Labute approximate surface area is 105 Å². The smallest absolute Gasteiger partial charge is 0.220 e. The first kappa shape index (κ1) is 10.7. The van der Waals surface area contributed by atoms with E-state index >= 15 is 0 Å². The number of nitrogens with zero attached hydrogens (tertiary/aromatic N) is 2. The zero-order valence-electron chi connectivity index (χ0n) is 10.1. The standard InChI is InChI=1S/C15H13N3/c1-10-3-2-4-11(7-10)12-5-6-14-13(8-12)9-17-15(16)18-14/h2-9H,1H3,(H2,16,17,18). The minimum Gasteiger partial charge on any atom is -0.368 e. The second kappa shape index (κ2) is 4.11. The normalized spacial score (nSPS) is 10.7. The highest BCUT2D eigenvalue weighted by atomic mass is 15.0. The molecule has 18 heavy (non-hydrogen) atoms. The lowest BCUT2D eigenvalue weighted by Gasteiger charge is -2.05. The predicted molar refractivity (Wildman–Crippen MR) is 74.1 cm³/mol. The highest BCUT2D eigenvalue weighted by Gasteiger charge is 2.01. The monoisotopic (exact) mass is 235 g/mol. The number of benzene rings is 2. The van der Waals surface area contributed by atoms with E-state index in [2.05, 4.69) is 53.3 Å². The summed E-state index contributed by atoms with van der Waals surface area (Å²) in [6.45, 7) is 2.09. The van der Waals surface area contributed by atoms with E-state index in [9.17, 15) is 0 Å². The van der Waals surface area contributed by atoms with Gasteiger partial charge in [0.05, 0.1) is 5.52 Å². The largest absolute Gasteiger partial charge is 0.368 e. The Hall–Kier alpha value is -2.42. The molecule has 3 aromatic rings. The first-order valence-electron chi connectivity index (χ1n) is 5.82. The van der Waals surface area contributed by atoms with Gasteiger partial charge in [-0.25, -0.2) is 9.97 Å². The summed E-state index contributed by atoms with van der Waals surface area (Å²) in [5.41, 5.74) is 10.1. The molecule has 0 aliphatic rings. The van der Waals surface area contributed by atoms with Crippen molar-refractivity contribution in [1.82, 2.24) is 9.97 Å². The molecule has 0 saturated carbocycles. The number of anilines is 1. The third-order valence-corrected chi connectivity index (χ3v) is 2.95. The van der Waals surface area contributed by atoms with Crippen molar-refractivity contribution in [3.8, 4) is 11.1 Å². The fraction of sp³-hybridized carbons (Fsp3) is 0.0667. The molecule has 0 aliphatic heterocycles. The average molecular weight is 235 g/mol. The molecule has 0 saturated heterocycles. The number of aromatic nitrogens is 2. The molecule has 1 heterocycles. The number of fused-ring (bicyclic) bond motifs is 1. The van der Waals surface area contributed by atoms with Crippen LogP contribution in [0.3, 0.4) is 0 Å². The Morgan fingerprint density at radius 3 is 2.67 bits per heavy atom. The maximum atomic E-state index is 5.57. The third kappa shape index (κ3) is 1.91. The highest BCUT2D eigenvalue weighted by Crippen LogP contribution is 2.24. The van der Waals surface area contributed by atoms with Crippen molar-refractivity contribution in [2.24, 2.45) is 0 Å². The lowest BCUT2D eigenvalue weighted by atomic mass is 10.0. The molecule has 0 fully saturated rings. The molecule has 0 aliphatic carbocycles. The van der Waals surface area contributed by atoms with Gasteiger partial charge in [-0.2, -0.15) is 0 Å². The van der Waals surface area contributed by atoms with Crippen LogP contribution >= 0.6 is 0 Å². The molecule has 0 bridgehead atoms. The molecule has 3 nitrogen and oxygen atoms in total. The molecule has 0 unspecified atom stereocenters. The van der Waals surface area contributed by atoms with E-state index in [1.807, 2.05) is 6.07 Å². The van der Waals surface area contributed by atoms with Crippen LogP contribution in [0.1, 0.15) is 5.56 Å². The Kier molecular flexibility index (Phi) is 2.45. The van der Waals surface area contributed by atoms with E-state index < -0.39 is 0 Å². The summed E-state index contributed by atoms with van der Waals surface area (Å²) in [4.78, 5) is 8.22. The number of hydrogen-bond acceptors (Lipinski definition) is 3. The van der Waals surface area contributed by atoms with Crippen LogP contribution in [0, 0.1) is 6.92 Å². The van der Waals surface area contributed by atoms with Crippen molar-refractivity contribution in [2.45, 2.75) is 6.92 Å². The number of nitrogen functional groups attached to an aromatic ring is 1. The zero-order valence-corrected chi connectivity index (χ0v) is 10.1. The van der Waals surface area contributed by atoms with Crippen LogP contribution in [0.2, 0.25) is 0 Å². The topological polar surface area (TPSA) is 51.8 Å². The summed E-state index contributed by atoms with van der Waals surface area (Å²) in [5.74, 6) is 0.311. The predicted octanol–water partition coefficient (Wildman–Crippen LogP) is 3.19. The molecule has 3 heteroatoms. The van der Waals surface area contributed by atoms with Gasteiger partial charge in [-0.05, 0) is 30.2 Å². The second-order valence-corrected chi connectivity index (χ2v) is 4.37. The average Bonchev–Trinajstić information content (AvgIpc) is 2.38. The van der Waals surface area contributed by atoms with Crippen molar-refractivity contribution in [3.05, 3.63) is 54.2 Å². The van der Waals surface area contributed by atoms with E-state index in [4.69, 9.17) is 5.73 Å². The van der Waals surface area contributed by atoms with Crippen molar-refractivity contribution < 1.29 is 0 Å².